The molecule has 0 aliphatic carbocycles. The molecule has 4 heteroatoms. The molecule has 2 rings (SSSR count). The first kappa shape index (κ1) is 11.1. The summed E-state index contributed by atoms with van der Waals surface area (Å²) in [5, 5.41) is 1.02. The zero-order chi connectivity index (χ0) is 11.2. The van der Waals surface area contributed by atoms with Crippen LogP contribution in [0.4, 0.5) is 0 Å². The van der Waals surface area contributed by atoms with Crippen LogP contribution in [-0.2, 0) is 0 Å². The molecule has 1 atom stereocenters. The maximum absolute atomic E-state index is 6.06. The summed E-state index contributed by atoms with van der Waals surface area (Å²) in [7, 11) is 0. The van der Waals surface area contributed by atoms with Gasteiger partial charge in [-0.2, -0.15) is 0 Å². The van der Waals surface area contributed by atoms with Crippen LogP contribution in [0.15, 0.2) is 12.1 Å². The topological polar surface area (TPSA) is 35.2 Å². The molecule has 0 aromatic heterocycles. The molecular weight excluding hydrogens is 233 g/mol. The number of halogens is 2. The predicted molar refractivity (Wildman–Crippen MR) is 62.7 cm³/mol. The van der Waals surface area contributed by atoms with Crippen LogP contribution in [0.25, 0.3) is 0 Å². The molecule has 1 aliphatic heterocycles. The molecule has 0 amide bonds. The maximum atomic E-state index is 6.06. The van der Waals surface area contributed by atoms with E-state index in [0.29, 0.717) is 10.0 Å². The highest BCUT2D eigenvalue weighted by Crippen LogP contribution is 2.41. The average Bonchev–Trinajstić information content (AvgIpc) is 2.07. The smallest absolute Gasteiger partial charge is 0.126 e. The zero-order valence-corrected chi connectivity index (χ0v) is 10.2. The van der Waals surface area contributed by atoms with Gasteiger partial charge < -0.3 is 10.5 Å². The number of fused-ring (bicyclic) bond motifs is 1. The number of benzene rings is 1. The third-order valence-corrected chi connectivity index (χ3v) is 3.27. The first-order valence-electron chi connectivity index (χ1n) is 4.82. The molecule has 0 saturated carbocycles. The van der Waals surface area contributed by atoms with Crippen LogP contribution in [0, 0.1) is 0 Å². The summed E-state index contributed by atoms with van der Waals surface area (Å²) in [5.41, 5.74) is 6.75. The molecule has 0 fully saturated rings. The fourth-order valence-corrected chi connectivity index (χ4v) is 2.23. The summed E-state index contributed by atoms with van der Waals surface area (Å²) < 4.78 is 5.80. The van der Waals surface area contributed by atoms with E-state index >= 15 is 0 Å². The van der Waals surface area contributed by atoms with Gasteiger partial charge in [-0.05, 0) is 19.9 Å². The number of nitrogens with two attached hydrogens (primary N) is 1. The fourth-order valence-electron chi connectivity index (χ4n) is 1.90. The van der Waals surface area contributed by atoms with Gasteiger partial charge in [0.2, 0.25) is 0 Å². The van der Waals surface area contributed by atoms with Gasteiger partial charge in [-0.25, -0.2) is 0 Å². The van der Waals surface area contributed by atoms with E-state index in [-0.39, 0.29) is 11.6 Å². The lowest BCUT2D eigenvalue weighted by atomic mass is 9.90. The Morgan fingerprint density at radius 3 is 2.60 bits per heavy atom. The minimum absolute atomic E-state index is 0.0430. The Balaban J connectivity index is 2.51. The second-order valence-electron chi connectivity index (χ2n) is 4.48. The van der Waals surface area contributed by atoms with Gasteiger partial charge in [0.1, 0.15) is 11.4 Å². The van der Waals surface area contributed by atoms with E-state index in [1.54, 1.807) is 12.1 Å². The number of hydrogen-bond donors (Lipinski definition) is 1. The summed E-state index contributed by atoms with van der Waals surface area (Å²) in [5.74, 6) is 0.744. The minimum atomic E-state index is -0.246. The number of ether oxygens (including phenoxy) is 1. The Morgan fingerprint density at radius 2 is 1.93 bits per heavy atom. The molecule has 2 N–H and O–H groups in total. The van der Waals surface area contributed by atoms with Crippen molar-refractivity contribution in [3.63, 3.8) is 0 Å². The average molecular weight is 246 g/mol. The minimum Gasteiger partial charge on any atom is -0.487 e. The summed E-state index contributed by atoms with van der Waals surface area (Å²) in [6, 6.07) is 3.48. The van der Waals surface area contributed by atoms with E-state index in [1.807, 2.05) is 13.8 Å². The molecule has 0 bridgehead atoms. The van der Waals surface area contributed by atoms with Gasteiger partial charge in [-0.1, -0.05) is 23.2 Å². The molecule has 1 heterocycles. The largest absolute Gasteiger partial charge is 0.487 e. The van der Waals surface area contributed by atoms with Gasteiger partial charge in [0.25, 0.3) is 0 Å². The van der Waals surface area contributed by atoms with Crippen LogP contribution >= 0.6 is 23.2 Å². The third kappa shape index (κ3) is 2.07. The van der Waals surface area contributed by atoms with Gasteiger partial charge in [0.05, 0.1) is 10.0 Å². The molecule has 15 heavy (non-hydrogen) atoms. The van der Waals surface area contributed by atoms with Gasteiger partial charge >= 0.3 is 0 Å². The van der Waals surface area contributed by atoms with E-state index in [0.717, 1.165) is 17.7 Å². The summed E-state index contributed by atoms with van der Waals surface area (Å²) in [6.45, 7) is 4.02. The van der Waals surface area contributed by atoms with Crippen LogP contribution in [0.5, 0.6) is 5.75 Å². The van der Waals surface area contributed by atoms with Crippen molar-refractivity contribution in [1.29, 1.82) is 0 Å². The Labute approximate surface area is 99.3 Å². The Morgan fingerprint density at radius 1 is 1.33 bits per heavy atom. The van der Waals surface area contributed by atoms with Crippen molar-refractivity contribution in [2.75, 3.05) is 0 Å². The Kier molecular flexibility index (Phi) is 2.61. The number of rotatable bonds is 0. The quantitative estimate of drug-likeness (QED) is 0.759. The van der Waals surface area contributed by atoms with Crippen molar-refractivity contribution >= 4 is 23.2 Å². The van der Waals surface area contributed by atoms with E-state index in [9.17, 15) is 0 Å². The standard InChI is InChI=1S/C11H13Cl2NO/c1-11(2)5-9(14)6-3-7(12)8(13)4-10(6)15-11/h3-4,9H,5,14H2,1-2H3. The lowest BCUT2D eigenvalue weighted by Gasteiger charge is -2.36. The summed E-state index contributed by atoms with van der Waals surface area (Å²) in [4.78, 5) is 0. The molecule has 1 aromatic carbocycles. The maximum Gasteiger partial charge on any atom is 0.126 e. The van der Waals surface area contributed by atoms with Crippen molar-refractivity contribution in [1.82, 2.24) is 0 Å². The van der Waals surface area contributed by atoms with Gasteiger partial charge in [-0.15, -0.1) is 0 Å². The van der Waals surface area contributed by atoms with E-state index in [1.165, 1.54) is 0 Å². The highest BCUT2D eigenvalue weighted by Gasteiger charge is 2.32. The van der Waals surface area contributed by atoms with E-state index < -0.39 is 0 Å². The van der Waals surface area contributed by atoms with Crippen LogP contribution in [0.1, 0.15) is 31.9 Å². The van der Waals surface area contributed by atoms with E-state index in [2.05, 4.69) is 0 Å². The molecule has 0 spiro atoms. The highest BCUT2D eigenvalue weighted by molar-refractivity contribution is 6.42. The van der Waals surface area contributed by atoms with Crippen molar-refractivity contribution in [2.45, 2.75) is 31.9 Å². The Bertz CT molecular complexity index is 404. The summed E-state index contributed by atoms with van der Waals surface area (Å²) >= 11 is 11.9. The second-order valence-corrected chi connectivity index (χ2v) is 5.29. The fraction of sp³-hybridized carbons (Fsp3) is 0.455. The van der Waals surface area contributed by atoms with Crippen molar-refractivity contribution in [2.24, 2.45) is 5.73 Å². The zero-order valence-electron chi connectivity index (χ0n) is 8.68. The molecular formula is C11H13Cl2NO. The molecule has 2 nitrogen and oxygen atoms in total. The SMILES string of the molecule is CC1(C)CC(N)c2cc(Cl)c(Cl)cc2O1. The van der Waals surface area contributed by atoms with Crippen LogP contribution in [-0.4, -0.2) is 5.60 Å². The molecule has 0 saturated heterocycles. The highest BCUT2D eigenvalue weighted by atomic mass is 35.5. The normalized spacial score (nSPS) is 23.1. The number of hydrogen-bond acceptors (Lipinski definition) is 2. The molecule has 1 aliphatic rings. The molecule has 82 valence electrons. The van der Waals surface area contributed by atoms with Crippen LogP contribution in [0.3, 0.4) is 0 Å². The Hall–Kier alpha value is -0.440. The van der Waals surface area contributed by atoms with Crippen molar-refractivity contribution in [3.8, 4) is 5.75 Å². The molecule has 1 unspecified atom stereocenters. The van der Waals surface area contributed by atoms with Crippen LogP contribution in [0.2, 0.25) is 10.0 Å². The first-order valence-corrected chi connectivity index (χ1v) is 5.58. The first-order chi connectivity index (χ1) is 6.89. The van der Waals surface area contributed by atoms with Gasteiger partial charge in [0.15, 0.2) is 0 Å². The summed E-state index contributed by atoms with van der Waals surface area (Å²) in [6.07, 6.45) is 0.776. The molecule has 1 aromatic rings. The second kappa shape index (κ2) is 3.55. The predicted octanol–water partition coefficient (Wildman–Crippen LogP) is 3.55. The van der Waals surface area contributed by atoms with Gasteiger partial charge in [0, 0.05) is 24.1 Å². The van der Waals surface area contributed by atoms with Crippen LogP contribution < -0.4 is 10.5 Å². The monoisotopic (exact) mass is 245 g/mol. The van der Waals surface area contributed by atoms with E-state index in [4.69, 9.17) is 33.7 Å². The molecule has 0 radical (unpaired) electrons. The lowest BCUT2D eigenvalue weighted by Crippen LogP contribution is -2.37. The third-order valence-electron chi connectivity index (χ3n) is 2.55. The van der Waals surface area contributed by atoms with Crippen molar-refractivity contribution < 1.29 is 4.74 Å². The lowest BCUT2D eigenvalue weighted by molar-refractivity contribution is 0.0729. The van der Waals surface area contributed by atoms with Gasteiger partial charge in [-0.3, -0.25) is 0 Å². The van der Waals surface area contributed by atoms with Crippen molar-refractivity contribution in [3.05, 3.63) is 27.7 Å².